The van der Waals surface area contributed by atoms with Gasteiger partial charge in [-0.25, -0.2) is 9.98 Å². The van der Waals surface area contributed by atoms with Crippen LogP contribution in [0.15, 0.2) is 202 Å². The van der Waals surface area contributed by atoms with Gasteiger partial charge in [0.05, 0.1) is 0 Å². The summed E-state index contributed by atoms with van der Waals surface area (Å²) in [5.74, 6) is 1.41. The number of hydrogen-bond acceptors (Lipinski definition) is 4. The van der Waals surface area contributed by atoms with E-state index in [2.05, 4.69) is 181 Å². The van der Waals surface area contributed by atoms with Crippen molar-refractivity contribution >= 4 is 44.4 Å². The third kappa shape index (κ3) is 5.77. The highest BCUT2D eigenvalue weighted by Crippen LogP contribution is 2.39. The first-order valence-corrected chi connectivity index (χ1v) is 17.9. The Morgan fingerprint density at radius 2 is 0.943 bits per heavy atom. The van der Waals surface area contributed by atoms with E-state index < -0.39 is 0 Å². The molecular weight excluding hydrogens is 647 g/mol. The predicted molar refractivity (Wildman–Crippen MR) is 219 cm³/mol. The van der Waals surface area contributed by atoms with Gasteiger partial charge in [-0.2, -0.15) is 0 Å². The first-order valence-electron chi connectivity index (χ1n) is 17.9. The zero-order valence-electron chi connectivity index (χ0n) is 28.8. The van der Waals surface area contributed by atoms with Crippen molar-refractivity contribution in [3.63, 3.8) is 0 Å². The summed E-state index contributed by atoms with van der Waals surface area (Å²) in [7, 11) is 0. The van der Waals surface area contributed by atoms with Crippen LogP contribution in [0.25, 0.3) is 66.1 Å². The Morgan fingerprint density at radius 1 is 0.434 bits per heavy atom. The molecule has 0 saturated carbocycles. The summed E-state index contributed by atoms with van der Waals surface area (Å²) in [4.78, 5) is 10.7. The van der Waals surface area contributed by atoms with E-state index in [0.29, 0.717) is 5.84 Å². The molecule has 10 rings (SSSR count). The molecule has 0 saturated heterocycles. The van der Waals surface area contributed by atoms with Crippen molar-refractivity contribution in [1.29, 1.82) is 0 Å². The van der Waals surface area contributed by atoms with Crippen molar-refractivity contribution in [2.45, 2.75) is 6.17 Å². The fraction of sp³-hybridized carbons (Fsp3) is 0.0204. The minimum atomic E-state index is -0.367. The highest BCUT2D eigenvalue weighted by Gasteiger charge is 2.25. The number of furan rings is 1. The molecule has 1 aliphatic heterocycles. The molecule has 4 heteroatoms. The van der Waals surface area contributed by atoms with Crippen molar-refractivity contribution in [3.8, 4) is 33.4 Å². The summed E-state index contributed by atoms with van der Waals surface area (Å²) in [5, 5.41) is 8.14. The van der Waals surface area contributed by atoms with Crippen molar-refractivity contribution < 1.29 is 4.42 Å². The summed E-state index contributed by atoms with van der Waals surface area (Å²) in [6.07, 6.45) is -0.367. The van der Waals surface area contributed by atoms with Gasteiger partial charge in [0.15, 0.2) is 5.84 Å². The summed E-state index contributed by atoms with van der Waals surface area (Å²) < 4.78 is 6.69. The monoisotopic (exact) mass is 679 g/mol. The Labute approximate surface area is 307 Å². The molecule has 8 aromatic carbocycles. The SMILES string of the molecule is c1ccc(-c2cc(C3=NC(c4ccccc4)NC(c4cc(-c5ccccc5)cc5oc6cc7ccccc7cc6c45)=N3)cc(-c3ccccc3)c2)cc1. The van der Waals surface area contributed by atoms with Crippen molar-refractivity contribution in [2.24, 2.45) is 9.98 Å². The molecule has 2 heterocycles. The second kappa shape index (κ2) is 12.9. The van der Waals surface area contributed by atoms with Gasteiger partial charge < -0.3 is 9.73 Å². The number of aliphatic imine (C=N–C) groups is 2. The molecular formula is C49H33N3O. The van der Waals surface area contributed by atoms with Gasteiger partial charge in [-0.3, -0.25) is 0 Å². The molecule has 9 aromatic rings. The number of nitrogens with zero attached hydrogens (tertiary/aromatic N) is 2. The number of fused-ring (bicyclic) bond motifs is 4. The molecule has 1 aromatic heterocycles. The van der Waals surface area contributed by atoms with Crippen LogP contribution in [-0.4, -0.2) is 11.7 Å². The van der Waals surface area contributed by atoms with E-state index in [1.54, 1.807) is 0 Å². The molecule has 250 valence electrons. The summed E-state index contributed by atoms with van der Waals surface area (Å²) >= 11 is 0. The largest absolute Gasteiger partial charge is 0.456 e. The topological polar surface area (TPSA) is 49.9 Å². The van der Waals surface area contributed by atoms with Crippen LogP contribution in [0.4, 0.5) is 0 Å². The van der Waals surface area contributed by atoms with E-state index in [-0.39, 0.29) is 6.17 Å². The normalized spacial score (nSPS) is 14.2. The lowest BCUT2D eigenvalue weighted by Crippen LogP contribution is -2.33. The molecule has 0 radical (unpaired) electrons. The summed E-state index contributed by atoms with van der Waals surface area (Å²) in [5.41, 5.74) is 11.3. The van der Waals surface area contributed by atoms with E-state index in [0.717, 1.165) is 88.6 Å². The zero-order valence-corrected chi connectivity index (χ0v) is 28.8. The number of rotatable bonds is 6. The van der Waals surface area contributed by atoms with Gasteiger partial charge in [-0.1, -0.05) is 146 Å². The van der Waals surface area contributed by atoms with Crippen LogP contribution < -0.4 is 5.32 Å². The van der Waals surface area contributed by atoms with Gasteiger partial charge in [-0.15, -0.1) is 0 Å². The lowest BCUT2D eigenvalue weighted by Gasteiger charge is -2.25. The van der Waals surface area contributed by atoms with Crippen LogP contribution >= 0.6 is 0 Å². The zero-order chi connectivity index (χ0) is 35.1. The Bertz CT molecular complexity index is 2780. The second-order valence-corrected chi connectivity index (χ2v) is 13.5. The molecule has 0 bridgehead atoms. The molecule has 0 aliphatic carbocycles. The lowest BCUT2D eigenvalue weighted by atomic mass is 9.95. The highest BCUT2D eigenvalue weighted by atomic mass is 16.3. The Balaban J connectivity index is 1.23. The van der Waals surface area contributed by atoms with Gasteiger partial charge in [0.1, 0.15) is 23.2 Å². The molecule has 1 unspecified atom stereocenters. The quantitative estimate of drug-likeness (QED) is 0.190. The van der Waals surface area contributed by atoms with E-state index in [1.165, 1.54) is 0 Å². The minimum Gasteiger partial charge on any atom is -0.456 e. The number of hydrogen-bond donors (Lipinski definition) is 1. The third-order valence-corrected chi connectivity index (χ3v) is 10.1. The predicted octanol–water partition coefficient (Wildman–Crippen LogP) is 12.2. The van der Waals surface area contributed by atoms with Crippen LogP contribution in [0.2, 0.25) is 0 Å². The molecule has 0 fully saturated rings. The summed E-state index contributed by atoms with van der Waals surface area (Å²) in [6, 6.07) is 65.8. The number of nitrogens with one attached hydrogen (secondary N) is 1. The smallest absolute Gasteiger partial charge is 0.159 e. The van der Waals surface area contributed by atoms with Crippen LogP contribution in [-0.2, 0) is 0 Å². The first-order chi connectivity index (χ1) is 26.2. The van der Waals surface area contributed by atoms with Gasteiger partial charge >= 0.3 is 0 Å². The van der Waals surface area contributed by atoms with Crippen molar-refractivity contribution in [1.82, 2.24) is 5.32 Å². The average Bonchev–Trinajstić information content (AvgIpc) is 3.60. The Kier molecular flexibility index (Phi) is 7.51. The molecule has 1 N–H and O–H groups in total. The Morgan fingerprint density at radius 3 is 1.55 bits per heavy atom. The van der Waals surface area contributed by atoms with Gasteiger partial charge in [0.2, 0.25) is 0 Å². The third-order valence-electron chi connectivity index (χ3n) is 10.1. The van der Waals surface area contributed by atoms with E-state index in [4.69, 9.17) is 14.4 Å². The highest BCUT2D eigenvalue weighted by molar-refractivity contribution is 6.23. The van der Waals surface area contributed by atoms with Crippen LogP contribution in [0, 0.1) is 0 Å². The molecule has 4 nitrogen and oxygen atoms in total. The van der Waals surface area contributed by atoms with Crippen LogP contribution in [0.1, 0.15) is 22.9 Å². The van der Waals surface area contributed by atoms with Crippen LogP contribution in [0.3, 0.4) is 0 Å². The molecule has 0 amide bonds. The Hall–Kier alpha value is -7.04. The maximum Gasteiger partial charge on any atom is 0.159 e. The van der Waals surface area contributed by atoms with Gasteiger partial charge in [0.25, 0.3) is 0 Å². The number of amidine groups is 2. The van der Waals surface area contributed by atoms with Gasteiger partial charge in [-0.05, 0) is 92.2 Å². The fourth-order valence-corrected chi connectivity index (χ4v) is 7.45. The van der Waals surface area contributed by atoms with Crippen LogP contribution in [0.5, 0.6) is 0 Å². The second-order valence-electron chi connectivity index (χ2n) is 13.5. The van der Waals surface area contributed by atoms with Gasteiger partial charge in [0, 0.05) is 21.9 Å². The average molecular weight is 680 g/mol. The standard InChI is InChI=1S/C49H33N3O/c1-5-15-32(16-6-1)38-25-39(33-17-7-2-8-18-33)27-41(26-38)48-50-47(35-21-11-4-12-22-35)51-49(52-48)43-29-40(34-19-9-3-10-20-34)31-45-46(43)42-28-36-23-13-14-24-37(36)30-44(42)53-45/h1-31,47H,(H,50,51,52). The van der Waals surface area contributed by atoms with Crippen molar-refractivity contribution in [3.05, 3.63) is 205 Å². The van der Waals surface area contributed by atoms with E-state index in [1.807, 2.05) is 12.1 Å². The van der Waals surface area contributed by atoms with E-state index in [9.17, 15) is 0 Å². The van der Waals surface area contributed by atoms with E-state index >= 15 is 0 Å². The maximum atomic E-state index is 6.69. The van der Waals surface area contributed by atoms with Crippen molar-refractivity contribution in [2.75, 3.05) is 0 Å². The molecule has 1 aliphatic rings. The fourth-order valence-electron chi connectivity index (χ4n) is 7.45. The molecule has 53 heavy (non-hydrogen) atoms. The first kappa shape index (κ1) is 30.8. The maximum absolute atomic E-state index is 6.69. The minimum absolute atomic E-state index is 0.367. The molecule has 0 spiro atoms. The number of benzene rings is 8. The summed E-state index contributed by atoms with van der Waals surface area (Å²) in [6.45, 7) is 0. The lowest BCUT2D eigenvalue weighted by molar-refractivity contribution is 0.668. The molecule has 1 atom stereocenters.